The van der Waals surface area contributed by atoms with E-state index in [-0.39, 0.29) is 5.78 Å². The van der Waals surface area contributed by atoms with Crippen LogP contribution >= 0.6 is 0 Å². The van der Waals surface area contributed by atoms with Gasteiger partial charge in [-0.15, -0.1) is 0 Å². The summed E-state index contributed by atoms with van der Waals surface area (Å²) in [6.07, 6.45) is 1.38. The van der Waals surface area contributed by atoms with E-state index in [1.54, 1.807) is 0 Å². The maximum Gasteiger partial charge on any atom is 0.167 e. The lowest BCUT2D eigenvalue weighted by Crippen LogP contribution is -1.89. The molecule has 3 rings (SSSR count). The van der Waals surface area contributed by atoms with Crippen molar-refractivity contribution in [1.82, 2.24) is 0 Å². The van der Waals surface area contributed by atoms with Gasteiger partial charge in [0, 0.05) is 18.2 Å². The molecular formula is C11H8O2. The molecule has 1 aromatic heterocycles. The zero-order chi connectivity index (χ0) is 8.84. The summed E-state index contributed by atoms with van der Waals surface area (Å²) >= 11 is 0. The first-order valence-electron chi connectivity index (χ1n) is 4.40. The second-order valence-corrected chi connectivity index (χ2v) is 3.32. The van der Waals surface area contributed by atoms with Crippen molar-refractivity contribution in [2.45, 2.75) is 12.8 Å². The summed E-state index contributed by atoms with van der Waals surface area (Å²) < 4.78 is 5.56. The van der Waals surface area contributed by atoms with Gasteiger partial charge in [-0.1, -0.05) is 18.2 Å². The minimum atomic E-state index is 0.222. The van der Waals surface area contributed by atoms with E-state index in [9.17, 15) is 4.79 Å². The molecule has 0 amide bonds. The number of rotatable bonds is 0. The van der Waals surface area contributed by atoms with Crippen LogP contribution in [0.5, 0.6) is 0 Å². The normalized spacial score (nSPS) is 15.2. The highest BCUT2D eigenvalue weighted by atomic mass is 16.3. The summed E-state index contributed by atoms with van der Waals surface area (Å²) in [6, 6.07) is 7.71. The molecule has 64 valence electrons. The van der Waals surface area contributed by atoms with Crippen molar-refractivity contribution in [2.24, 2.45) is 0 Å². The van der Waals surface area contributed by atoms with Gasteiger partial charge >= 0.3 is 0 Å². The standard InChI is InChI=1S/C11H8O2/c12-8-5-6-10-11(8)7-3-1-2-4-9(7)13-10/h1-4H,5-6H2. The van der Waals surface area contributed by atoms with Crippen LogP contribution in [0.15, 0.2) is 28.7 Å². The van der Waals surface area contributed by atoms with Gasteiger partial charge in [-0.25, -0.2) is 0 Å². The van der Waals surface area contributed by atoms with Crippen molar-refractivity contribution < 1.29 is 9.21 Å². The van der Waals surface area contributed by atoms with Crippen molar-refractivity contribution in [2.75, 3.05) is 0 Å². The van der Waals surface area contributed by atoms with Crippen LogP contribution in [0.4, 0.5) is 0 Å². The highest BCUT2D eigenvalue weighted by Gasteiger charge is 2.26. The van der Waals surface area contributed by atoms with E-state index in [0.717, 1.165) is 28.7 Å². The molecule has 13 heavy (non-hydrogen) atoms. The van der Waals surface area contributed by atoms with Crippen LogP contribution in [0.2, 0.25) is 0 Å². The molecule has 0 bridgehead atoms. The van der Waals surface area contributed by atoms with E-state index in [0.29, 0.717) is 6.42 Å². The maximum atomic E-state index is 11.5. The quantitative estimate of drug-likeness (QED) is 0.611. The molecular weight excluding hydrogens is 164 g/mol. The predicted molar refractivity (Wildman–Crippen MR) is 48.9 cm³/mol. The number of furan rings is 1. The van der Waals surface area contributed by atoms with Gasteiger partial charge in [0.05, 0.1) is 5.56 Å². The number of hydrogen-bond donors (Lipinski definition) is 0. The SMILES string of the molecule is O=C1CCc2oc3ccccc3c21. The number of carbonyl (C=O) groups is 1. The number of para-hydroxylation sites is 1. The summed E-state index contributed by atoms with van der Waals surface area (Å²) in [5.74, 6) is 1.09. The smallest absolute Gasteiger partial charge is 0.167 e. The Morgan fingerprint density at radius 1 is 1.15 bits per heavy atom. The average Bonchev–Trinajstić information content (AvgIpc) is 2.66. The molecule has 0 saturated carbocycles. The second-order valence-electron chi connectivity index (χ2n) is 3.32. The monoisotopic (exact) mass is 172 g/mol. The molecule has 2 aromatic rings. The Balaban J connectivity index is 2.46. The minimum absolute atomic E-state index is 0.222. The van der Waals surface area contributed by atoms with Crippen LogP contribution in [-0.4, -0.2) is 5.78 Å². The fourth-order valence-corrected chi connectivity index (χ4v) is 1.93. The van der Waals surface area contributed by atoms with Crippen LogP contribution in [0.25, 0.3) is 11.0 Å². The first-order chi connectivity index (χ1) is 6.36. The number of benzene rings is 1. The van der Waals surface area contributed by atoms with Gasteiger partial charge in [0.25, 0.3) is 0 Å². The number of aryl methyl sites for hydroxylation is 1. The molecule has 1 aliphatic rings. The van der Waals surface area contributed by atoms with E-state index in [4.69, 9.17) is 4.42 Å². The fourth-order valence-electron chi connectivity index (χ4n) is 1.93. The van der Waals surface area contributed by atoms with E-state index in [1.165, 1.54) is 0 Å². The number of fused-ring (bicyclic) bond motifs is 3. The Morgan fingerprint density at radius 3 is 2.92 bits per heavy atom. The van der Waals surface area contributed by atoms with E-state index >= 15 is 0 Å². The number of carbonyl (C=O) groups excluding carboxylic acids is 1. The molecule has 0 fully saturated rings. The molecule has 2 nitrogen and oxygen atoms in total. The van der Waals surface area contributed by atoms with Crippen molar-refractivity contribution >= 4 is 16.8 Å². The lowest BCUT2D eigenvalue weighted by molar-refractivity contribution is 0.0996. The van der Waals surface area contributed by atoms with Gasteiger partial charge in [-0.05, 0) is 6.07 Å². The Labute approximate surface area is 75.2 Å². The van der Waals surface area contributed by atoms with Crippen LogP contribution in [0.3, 0.4) is 0 Å². The van der Waals surface area contributed by atoms with Gasteiger partial charge in [0.15, 0.2) is 5.78 Å². The van der Waals surface area contributed by atoms with E-state index in [2.05, 4.69) is 0 Å². The molecule has 0 unspecified atom stereocenters. The predicted octanol–water partition coefficient (Wildman–Crippen LogP) is 2.56. The van der Waals surface area contributed by atoms with Crippen LogP contribution in [0, 0.1) is 0 Å². The topological polar surface area (TPSA) is 30.2 Å². The highest BCUT2D eigenvalue weighted by Crippen LogP contribution is 2.32. The zero-order valence-corrected chi connectivity index (χ0v) is 7.04. The molecule has 1 aliphatic carbocycles. The molecule has 1 heterocycles. The lowest BCUT2D eigenvalue weighted by atomic mass is 10.1. The second kappa shape index (κ2) is 2.22. The molecule has 0 atom stereocenters. The summed E-state index contributed by atoms with van der Waals surface area (Å²) in [5.41, 5.74) is 1.65. The Morgan fingerprint density at radius 2 is 2.00 bits per heavy atom. The Bertz CT molecular complexity index is 494. The molecule has 0 spiro atoms. The minimum Gasteiger partial charge on any atom is -0.460 e. The molecule has 0 radical (unpaired) electrons. The van der Waals surface area contributed by atoms with E-state index < -0.39 is 0 Å². The van der Waals surface area contributed by atoms with Crippen molar-refractivity contribution in [3.05, 3.63) is 35.6 Å². The summed E-state index contributed by atoms with van der Waals surface area (Å²) in [7, 11) is 0. The van der Waals surface area contributed by atoms with Crippen LogP contribution in [0.1, 0.15) is 22.5 Å². The first-order valence-corrected chi connectivity index (χ1v) is 4.40. The average molecular weight is 172 g/mol. The fraction of sp³-hybridized carbons (Fsp3) is 0.182. The summed E-state index contributed by atoms with van der Waals surface area (Å²) in [4.78, 5) is 11.5. The van der Waals surface area contributed by atoms with Crippen molar-refractivity contribution in [1.29, 1.82) is 0 Å². The molecule has 0 saturated heterocycles. The highest BCUT2D eigenvalue weighted by molar-refractivity contribution is 6.10. The summed E-state index contributed by atoms with van der Waals surface area (Å²) in [5, 5.41) is 0.972. The molecule has 2 heteroatoms. The summed E-state index contributed by atoms with van der Waals surface area (Å²) in [6.45, 7) is 0. The molecule has 1 aromatic carbocycles. The van der Waals surface area contributed by atoms with Crippen LogP contribution in [-0.2, 0) is 6.42 Å². The third-order valence-corrected chi connectivity index (χ3v) is 2.53. The maximum absolute atomic E-state index is 11.5. The first kappa shape index (κ1) is 6.89. The van der Waals surface area contributed by atoms with Crippen molar-refractivity contribution in [3.63, 3.8) is 0 Å². The number of Topliss-reactive ketones (excluding diaryl/α,β-unsaturated/α-hetero) is 1. The van der Waals surface area contributed by atoms with E-state index in [1.807, 2.05) is 24.3 Å². The molecule has 0 aliphatic heterocycles. The van der Waals surface area contributed by atoms with Gasteiger partial charge in [0.1, 0.15) is 11.3 Å². The van der Waals surface area contributed by atoms with Crippen LogP contribution < -0.4 is 0 Å². The lowest BCUT2D eigenvalue weighted by Gasteiger charge is -1.89. The Kier molecular flexibility index (Phi) is 1.18. The van der Waals surface area contributed by atoms with Gasteiger partial charge in [0.2, 0.25) is 0 Å². The largest absolute Gasteiger partial charge is 0.460 e. The Hall–Kier alpha value is -1.57. The molecule has 0 N–H and O–H groups in total. The number of ketones is 1. The third-order valence-electron chi connectivity index (χ3n) is 2.53. The van der Waals surface area contributed by atoms with Crippen molar-refractivity contribution in [3.8, 4) is 0 Å². The number of hydrogen-bond acceptors (Lipinski definition) is 2. The van der Waals surface area contributed by atoms with Gasteiger partial charge in [-0.2, -0.15) is 0 Å². The zero-order valence-electron chi connectivity index (χ0n) is 7.04. The van der Waals surface area contributed by atoms with Gasteiger partial charge in [-0.3, -0.25) is 4.79 Å². The van der Waals surface area contributed by atoms with Gasteiger partial charge < -0.3 is 4.42 Å². The third kappa shape index (κ3) is 0.800.